The third-order valence-corrected chi connectivity index (χ3v) is 3.30. The smallest absolute Gasteiger partial charge is 0.251 e. The Labute approximate surface area is 114 Å². The van der Waals surface area contributed by atoms with Crippen LogP contribution in [0, 0.1) is 17.6 Å². The summed E-state index contributed by atoms with van der Waals surface area (Å²) < 4.78 is 39.5. The molecule has 0 aliphatic carbocycles. The Balaban J connectivity index is 2.34. The van der Waals surface area contributed by atoms with E-state index in [4.69, 9.17) is 11.6 Å². The fourth-order valence-electron chi connectivity index (χ4n) is 1.24. The Bertz CT molecular complexity index is 607. The van der Waals surface area contributed by atoms with Gasteiger partial charge in [0.05, 0.1) is 5.02 Å². The van der Waals surface area contributed by atoms with Crippen LogP contribution in [0.1, 0.15) is 0 Å². The van der Waals surface area contributed by atoms with E-state index in [0.29, 0.717) is 21.2 Å². The van der Waals surface area contributed by atoms with Gasteiger partial charge in [0.15, 0.2) is 17.5 Å². The van der Waals surface area contributed by atoms with E-state index in [1.807, 2.05) is 0 Å². The monoisotopic (exact) mass is 336 g/mol. The zero-order valence-corrected chi connectivity index (χ0v) is 11.0. The van der Waals surface area contributed by atoms with Crippen LogP contribution in [0.15, 0.2) is 28.7 Å². The summed E-state index contributed by atoms with van der Waals surface area (Å²) in [5, 5.41) is 2.90. The van der Waals surface area contributed by atoms with Crippen molar-refractivity contribution in [2.45, 2.75) is 0 Å². The van der Waals surface area contributed by atoms with Gasteiger partial charge in [0, 0.05) is 16.2 Å². The zero-order chi connectivity index (χ0) is 13.3. The molecular weight excluding hydrogens is 332 g/mol. The van der Waals surface area contributed by atoms with E-state index < -0.39 is 23.4 Å². The number of hydrogen-bond acceptors (Lipinski definition) is 2. The molecule has 0 atom stereocenters. The first-order valence-electron chi connectivity index (χ1n) is 4.71. The van der Waals surface area contributed by atoms with Gasteiger partial charge in [-0.1, -0.05) is 11.6 Å². The molecule has 0 aliphatic rings. The number of hydrogen-bond donors (Lipinski definition) is 1. The molecule has 0 unspecified atom stereocenters. The van der Waals surface area contributed by atoms with Crippen molar-refractivity contribution in [3.63, 3.8) is 0 Å². The topological polar surface area (TPSA) is 24.9 Å². The second-order valence-corrected chi connectivity index (χ2v) is 4.61. The number of benzene rings is 1. The molecule has 7 heteroatoms. The lowest BCUT2D eigenvalue weighted by Crippen LogP contribution is -2.01. The molecule has 2 aromatic rings. The SMILES string of the molecule is Fc1cc(F)c(Nc2ccc(Br)c(Cl)c2)nc1F. The number of nitrogens with zero attached hydrogens (tertiary/aromatic N) is 1. The lowest BCUT2D eigenvalue weighted by atomic mass is 10.3. The summed E-state index contributed by atoms with van der Waals surface area (Å²) >= 11 is 9.03. The molecule has 0 radical (unpaired) electrons. The Morgan fingerprint density at radius 2 is 1.83 bits per heavy atom. The fraction of sp³-hybridized carbons (Fsp3) is 0. The third-order valence-electron chi connectivity index (χ3n) is 2.07. The van der Waals surface area contributed by atoms with Gasteiger partial charge in [-0.3, -0.25) is 0 Å². The molecule has 0 spiro atoms. The molecule has 1 aromatic carbocycles. The Kier molecular flexibility index (Phi) is 3.77. The summed E-state index contributed by atoms with van der Waals surface area (Å²) in [7, 11) is 0. The van der Waals surface area contributed by atoms with E-state index in [1.165, 1.54) is 6.07 Å². The van der Waals surface area contributed by atoms with Crippen molar-refractivity contribution in [1.29, 1.82) is 0 Å². The van der Waals surface area contributed by atoms with Crippen molar-refractivity contribution in [3.05, 3.63) is 51.3 Å². The van der Waals surface area contributed by atoms with Gasteiger partial charge in [0.1, 0.15) is 0 Å². The number of aromatic nitrogens is 1. The molecule has 0 bridgehead atoms. The maximum atomic E-state index is 13.3. The standard InChI is InChI=1S/C11H5BrClF3N2/c12-6-2-1-5(3-7(6)13)17-11-9(15)4-8(14)10(16)18-11/h1-4H,(H,17,18). The zero-order valence-electron chi connectivity index (χ0n) is 8.65. The molecule has 0 amide bonds. The molecule has 18 heavy (non-hydrogen) atoms. The van der Waals surface area contributed by atoms with Gasteiger partial charge in [-0.25, -0.2) is 8.78 Å². The summed E-state index contributed by atoms with van der Waals surface area (Å²) in [4.78, 5) is 3.14. The molecule has 1 heterocycles. The number of halogens is 5. The molecule has 0 saturated heterocycles. The maximum absolute atomic E-state index is 13.3. The van der Waals surface area contributed by atoms with Gasteiger partial charge in [-0.2, -0.15) is 9.37 Å². The molecule has 0 aliphatic heterocycles. The van der Waals surface area contributed by atoms with Crippen molar-refractivity contribution in [2.24, 2.45) is 0 Å². The van der Waals surface area contributed by atoms with Crippen LogP contribution in [0.2, 0.25) is 5.02 Å². The maximum Gasteiger partial charge on any atom is 0.251 e. The van der Waals surface area contributed by atoms with Gasteiger partial charge >= 0.3 is 0 Å². The Morgan fingerprint density at radius 1 is 1.11 bits per heavy atom. The van der Waals surface area contributed by atoms with Crippen LogP contribution in [0.5, 0.6) is 0 Å². The molecule has 1 N–H and O–H groups in total. The Hall–Kier alpha value is -1.27. The summed E-state index contributed by atoms with van der Waals surface area (Å²) in [5.41, 5.74) is 0.403. The van der Waals surface area contributed by atoms with E-state index in [1.54, 1.807) is 12.1 Å². The average molecular weight is 338 g/mol. The number of nitrogens with one attached hydrogen (secondary N) is 1. The van der Waals surface area contributed by atoms with Gasteiger partial charge in [-0.05, 0) is 34.1 Å². The van der Waals surface area contributed by atoms with Crippen molar-refractivity contribution >= 4 is 39.0 Å². The van der Waals surface area contributed by atoms with Crippen molar-refractivity contribution < 1.29 is 13.2 Å². The minimum Gasteiger partial charge on any atom is -0.338 e. The summed E-state index contributed by atoms with van der Waals surface area (Å²) in [6.07, 6.45) is 0. The minimum absolute atomic E-state index is 0.392. The van der Waals surface area contributed by atoms with E-state index in [2.05, 4.69) is 26.2 Å². The van der Waals surface area contributed by atoms with Crippen LogP contribution in [0.3, 0.4) is 0 Å². The van der Waals surface area contributed by atoms with E-state index >= 15 is 0 Å². The number of anilines is 2. The highest BCUT2D eigenvalue weighted by Gasteiger charge is 2.12. The van der Waals surface area contributed by atoms with Crippen LogP contribution >= 0.6 is 27.5 Å². The Morgan fingerprint density at radius 3 is 2.50 bits per heavy atom. The lowest BCUT2D eigenvalue weighted by molar-refractivity contribution is 0.467. The summed E-state index contributed by atoms with van der Waals surface area (Å²) in [5.74, 6) is -4.12. The van der Waals surface area contributed by atoms with Crippen LogP contribution in [-0.4, -0.2) is 4.98 Å². The van der Waals surface area contributed by atoms with Crippen LogP contribution in [0.25, 0.3) is 0 Å². The van der Waals surface area contributed by atoms with Gasteiger partial charge in [0.25, 0.3) is 5.95 Å². The average Bonchev–Trinajstić information content (AvgIpc) is 2.31. The molecule has 0 fully saturated rings. The molecular formula is C11H5BrClF3N2. The molecule has 94 valence electrons. The summed E-state index contributed by atoms with van der Waals surface area (Å²) in [6.45, 7) is 0. The molecule has 0 saturated carbocycles. The highest BCUT2D eigenvalue weighted by Crippen LogP contribution is 2.27. The minimum atomic E-state index is -1.37. The van der Waals surface area contributed by atoms with E-state index in [9.17, 15) is 13.2 Å². The number of rotatable bonds is 2. The van der Waals surface area contributed by atoms with Gasteiger partial charge in [0.2, 0.25) is 0 Å². The van der Waals surface area contributed by atoms with Gasteiger partial charge < -0.3 is 5.32 Å². The molecule has 1 aromatic heterocycles. The predicted octanol–water partition coefficient (Wildman–Crippen LogP) is 4.66. The van der Waals surface area contributed by atoms with Crippen LogP contribution < -0.4 is 5.32 Å². The second kappa shape index (κ2) is 5.16. The van der Waals surface area contributed by atoms with E-state index in [0.717, 1.165) is 0 Å². The van der Waals surface area contributed by atoms with E-state index in [-0.39, 0.29) is 0 Å². The highest BCUT2D eigenvalue weighted by molar-refractivity contribution is 9.10. The molecule has 2 nitrogen and oxygen atoms in total. The summed E-state index contributed by atoms with van der Waals surface area (Å²) in [6, 6.07) is 5.12. The van der Waals surface area contributed by atoms with Crippen LogP contribution in [-0.2, 0) is 0 Å². The molecule has 2 rings (SSSR count). The van der Waals surface area contributed by atoms with Crippen molar-refractivity contribution in [3.8, 4) is 0 Å². The number of pyridine rings is 1. The predicted molar refractivity (Wildman–Crippen MR) is 66.5 cm³/mol. The van der Waals surface area contributed by atoms with Crippen molar-refractivity contribution in [1.82, 2.24) is 4.98 Å². The quantitative estimate of drug-likeness (QED) is 0.806. The van der Waals surface area contributed by atoms with Gasteiger partial charge in [-0.15, -0.1) is 0 Å². The lowest BCUT2D eigenvalue weighted by Gasteiger charge is -2.08. The first-order chi connectivity index (χ1) is 8.47. The second-order valence-electron chi connectivity index (χ2n) is 3.35. The largest absolute Gasteiger partial charge is 0.338 e. The first kappa shape index (κ1) is 13.2. The van der Waals surface area contributed by atoms with Crippen molar-refractivity contribution in [2.75, 3.05) is 5.32 Å². The fourth-order valence-corrected chi connectivity index (χ4v) is 1.67. The third kappa shape index (κ3) is 2.76. The normalized spacial score (nSPS) is 10.5. The highest BCUT2D eigenvalue weighted by atomic mass is 79.9. The van der Waals surface area contributed by atoms with Crippen LogP contribution in [0.4, 0.5) is 24.7 Å². The first-order valence-corrected chi connectivity index (χ1v) is 5.88.